The molecule has 2 aliphatic heterocycles. The molecule has 9 heteroatoms. The van der Waals surface area contributed by atoms with Crippen LogP contribution >= 0.6 is 23.2 Å². The number of ether oxygens (including phenoxy) is 1. The van der Waals surface area contributed by atoms with Crippen molar-refractivity contribution in [1.82, 2.24) is 10.2 Å². The van der Waals surface area contributed by atoms with E-state index >= 15 is 0 Å². The van der Waals surface area contributed by atoms with Crippen molar-refractivity contribution in [3.63, 3.8) is 0 Å². The molecule has 4 rings (SSSR count). The minimum absolute atomic E-state index is 0.0296. The zero-order valence-electron chi connectivity index (χ0n) is 15.0. The van der Waals surface area contributed by atoms with Crippen molar-refractivity contribution in [2.45, 2.75) is 37.1 Å². The van der Waals surface area contributed by atoms with Crippen molar-refractivity contribution in [3.05, 3.63) is 33.8 Å². The highest BCUT2D eigenvalue weighted by Gasteiger charge is 2.54. The lowest BCUT2D eigenvalue weighted by molar-refractivity contribution is -0.146. The lowest BCUT2D eigenvalue weighted by atomic mass is 9.68. The number of piperidine rings is 1. The Kier molecular flexibility index (Phi) is 4.94. The smallest absolute Gasteiger partial charge is 0.407 e. The third-order valence-electron chi connectivity index (χ3n) is 6.08. The molecule has 3 fully saturated rings. The van der Waals surface area contributed by atoms with Crippen molar-refractivity contribution in [1.29, 1.82) is 0 Å². The summed E-state index contributed by atoms with van der Waals surface area (Å²) in [6.07, 6.45) is 1.03. The van der Waals surface area contributed by atoms with Crippen LogP contribution in [0.1, 0.15) is 31.2 Å². The molecule has 1 aliphatic carbocycles. The topological polar surface area (TPSA) is 58.6 Å². The van der Waals surface area contributed by atoms with Crippen molar-refractivity contribution in [2.24, 2.45) is 11.8 Å². The van der Waals surface area contributed by atoms with Gasteiger partial charge in [0.15, 0.2) is 0 Å². The third-order valence-corrected chi connectivity index (χ3v) is 6.63. The lowest BCUT2D eigenvalue weighted by Crippen LogP contribution is -2.59. The van der Waals surface area contributed by atoms with Crippen LogP contribution in [0.15, 0.2) is 18.2 Å². The minimum Gasteiger partial charge on any atom is -0.447 e. The molecular formula is C19H20Cl2F2N2O3. The first-order valence-corrected chi connectivity index (χ1v) is 10.0. The number of hydrogen-bond donors (Lipinski definition) is 1. The molecule has 0 unspecified atom stereocenters. The first-order valence-electron chi connectivity index (χ1n) is 9.27. The van der Waals surface area contributed by atoms with Crippen molar-refractivity contribution in [3.8, 4) is 0 Å². The van der Waals surface area contributed by atoms with Crippen LogP contribution in [0.25, 0.3) is 0 Å². The number of carbonyl (C=O) groups excluding carboxylic acids is 2. The van der Waals surface area contributed by atoms with Gasteiger partial charge in [0.1, 0.15) is 6.61 Å². The fourth-order valence-corrected chi connectivity index (χ4v) is 5.01. The van der Waals surface area contributed by atoms with Gasteiger partial charge in [0, 0.05) is 35.5 Å². The van der Waals surface area contributed by atoms with E-state index in [1.165, 1.54) is 18.2 Å². The van der Waals surface area contributed by atoms with Gasteiger partial charge in [0.25, 0.3) is 5.92 Å². The fourth-order valence-electron chi connectivity index (χ4n) is 4.47. The Labute approximate surface area is 171 Å². The van der Waals surface area contributed by atoms with Gasteiger partial charge in [0.2, 0.25) is 5.91 Å². The van der Waals surface area contributed by atoms with Gasteiger partial charge >= 0.3 is 6.09 Å². The molecule has 2 saturated heterocycles. The maximum absolute atomic E-state index is 15.0. The molecule has 0 radical (unpaired) electrons. The predicted molar refractivity (Wildman–Crippen MR) is 99.6 cm³/mol. The van der Waals surface area contributed by atoms with E-state index in [0.717, 1.165) is 0 Å². The summed E-state index contributed by atoms with van der Waals surface area (Å²) in [7, 11) is 0. The van der Waals surface area contributed by atoms with Crippen molar-refractivity contribution in [2.75, 3.05) is 19.7 Å². The number of nitrogens with one attached hydrogen (secondary N) is 1. The van der Waals surface area contributed by atoms with Gasteiger partial charge in [-0.15, -0.1) is 0 Å². The van der Waals surface area contributed by atoms with E-state index in [4.69, 9.17) is 27.9 Å². The summed E-state index contributed by atoms with van der Waals surface area (Å²) in [5.74, 6) is -4.18. The molecule has 1 spiro atoms. The number of likely N-dealkylation sites (tertiary alicyclic amines) is 1. The number of amides is 2. The SMILES string of the molecule is O=C1N[C@]2(CO1)C[C@@H](C(=O)N1CCC(C(F)(F)c3ccc(Cl)cc3Cl)CC1)C2. The normalized spacial score (nSPS) is 28.1. The van der Waals surface area contributed by atoms with E-state index in [9.17, 15) is 18.4 Å². The van der Waals surface area contributed by atoms with Crippen LogP contribution in [0.3, 0.4) is 0 Å². The highest BCUT2D eigenvalue weighted by Crippen LogP contribution is 2.46. The summed E-state index contributed by atoms with van der Waals surface area (Å²) >= 11 is 11.8. The third kappa shape index (κ3) is 3.43. The van der Waals surface area contributed by atoms with Crippen molar-refractivity contribution >= 4 is 35.2 Å². The van der Waals surface area contributed by atoms with E-state index < -0.39 is 23.5 Å². The molecule has 152 valence electrons. The van der Waals surface area contributed by atoms with Crippen LogP contribution in [0.4, 0.5) is 13.6 Å². The molecule has 1 aromatic rings. The predicted octanol–water partition coefficient (Wildman–Crippen LogP) is 4.21. The number of rotatable bonds is 3. The second-order valence-electron chi connectivity index (χ2n) is 7.93. The molecule has 0 atom stereocenters. The Morgan fingerprint density at radius 2 is 1.93 bits per heavy atom. The van der Waals surface area contributed by atoms with Crippen LogP contribution in [0.5, 0.6) is 0 Å². The molecule has 28 heavy (non-hydrogen) atoms. The monoisotopic (exact) mass is 432 g/mol. The zero-order chi connectivity index (χ0) is 20.1. The molecule has 1 N–H and O–H groups in total. The largest absolute Gasteiger partial charge is 0.447 e. The maximum atomic E-state index is 15.0. The molecule has 2 amide bonds. The summed E-state index contributed by atoms with van der Waals surface area (Å²) in [6, 6.07) is 4.00. The molecular weight excluding hydrogens is 413 g/mol. The molecule has 2 heterocycles. The number of halogens is 4. The standard InChI is InChI=1S/C19H20Cl2F2N2O3/c20-13-1-2-14(15(21)7-13)19(22,23)12-3-5-25(6-4-12)16(26)11-8-18(9-11)10-28-17(27)24-18/h1-2,7,11-12H,3-6,8-10H2,(H,24,27)/t11-,18-. The first-order chi connectivity index (χ1) is 13.2. The average Bonchev–Trinajstić information content (AvgIpc) is 3.02. The van der Waals surface area contributed by atoms with E-state index in [0.29, 0.717) is 17.9 Å². The molecule has 0 bridgehead atoms. The van der Waals surface area contributed by atoms with Crippen LogP contribution < -0.4 is 5.32 Å². The Bertz CT molecular complexity index is 806. The van der Waals surface area contributed by atoms with E-state index in [1.807, 2.05) is 0 Å². The summed E-state index contributed by atoms with van der Waals surface area (Å²) in [5, 5.41) is 3.02. The number of carbonyl (C=O) groups is 2. The van der Waals surface area contributed by atoms with E-state index in [2.05, 4.69) is 5.32 Å². The van der Waals surface area contributed by atoms with E-state index in [1.54, 1.807) is 4.90 Å². The summed E-state index contributed by atoms with van der Waals surface area (Å²) in [5.41, 5.74) is -0.644. The van der Waals surface area contributed by atoms with Crippen LogP contribution in [0.2, 0.25) is 10.0 Å². The maximum Gasteiger partial charge on any atom is 0.407 e. The average molecular weight is 433 g/mol. The Morgan fingerprint density at radius 3 is 2.50 bits per heavy atom. The Hall–Kier alpha value is -1.60. The zero-order valence-corrected chi connectivity index (χ0v) is 16.5. The van der Waals surface area contributed by atoms with Gasteiger partial charge in [0.05, 0.1) is 10.6 Å². The van der Waals surface area contributed by atoms with E-state index in [-0.39, 0.29) is 54.9 Å². The lowest BCUT2D eigenvalue weighted by Gasteiger charge is -2.45. The van der Waals surface area contributed by atoms with Crippen LogP contribution in [-0.2, 0) is 15.5 Å². The van der Waals surface area contributed by atoms with Gasteiger partial charge in [-0.2, -0.15) is 0 Å². The fraction of sp³-hybridized carbons (Fsp3) is 0.579. The molecule has 3 aliphatic rings. The van der Waals surface area contributed by atoms with Crippen LogP contribution in [0, 0.1) is 11.8 Å². The Morgan fingerprint density at radius 1 is 1.25 bits per heavy atom. The molecule has 1 aromatic carbocycles. The van der Waals surface area contributed by atoms with Gasteiger partial charge in [-0.25, -0.2) is 13.6 Å². The second kappa shape index (κ2) is 7.02. The molecule has 1 saturated carbocycles. The quantitative estimate of drug-likeness (QED) is 0.777. The summed E-state index contributed by atoms with van der Waals surface area (Å²) in [4.78, 5) is 25.5. The highest BCUT2D eigenvalue weighted by atomic mass is 35.5. The highest BCUT2D eigenvalue weighted by molar-refractivity contribution is 6.35. The van der Waals surface area contributed by atoms with Crippen LogP contribution in [-0.4, -0.2) is 42.1 Å². The summed E-state index contributed by atoms with van der Waals surface area (Å²) in [6.45, 7) is 0.860. The number of alkyl halides is 2. The molecule has 5 nitrogen and oxygen atoms in total. The number of benzene rings is 1. The van der Waals surface area contributed by atoms with Gasteiger partial charge in [-0.05, 0) is 37.8 Å². The second-order valence-corrected chi connectivity index (χ2v) is 8.78. The molecule has 0 aromatic heterocycles. The first kappa shape index (κ1) is 19.7. The number of nitrogens with zero attached hydrogens (tertiary/aromatic N) is 1. The number of hydrogen-bond acceptors (Lipinski definition) is 3. The van der Waals surface area contributed by atoms with Crippen molar-refractivity contribution < 1.29 is 23.1 Å². The van der Waals surface area contributed by atoms with Gasteiger partial charge in [-0.3, -0.25) is 4.79 Å². The number of alkyl carbamates (subject to hydrolysis) is 1. The minimum atomic E-state index is -3.08. The van der Waals surface area contributed by atoms with Gasteiger partial charge < -0.3 is 15.0 Å². The van der Waals surface area contributed by atoms with Gasteiger partial charge in [-0.1, -0.05) is 29.3 Å². The Balaban J connectivity index is 1.34. The summed E-state index contributed by atoms with van der Waals surface area (Å²) < 4.78 is 34.8. The number of cyclic esters (lactones) is 1.